The van der Waals surface area contributed by atoms with E-state index in [1.165, 1.54) is 32.1 Å². The van der Waals surface area contributed by atoms with Crippen molar-refractivity contribution in [1.82, 2.24) is 0 Å². The Morgan fingerprint density at radius 3 is 2.64 bits per heavy atom. The zero-order chi connectivity index (χ0) is 7.94. The lowest BCUT2D eigenvalue weighted by molar-refractivity contribution is 0.264. The van der Waals surface area contributed by atoms with Crippen LogP contribution in [0.5, 0.6) is 0 Å². The number of ether oxygens (including phenoxy) is 1. The molecule has 0 aliphatic heterocycles. The molecule has 1 rings (SSSR count). The van der Waals surface area contributed by atoms with Crippen LogP contribution in [0.15, 0.2) is 12.3 Å². The Labute approximate surface area is 69.4 Å². The minimum absolute atomic E-state index is 0.795. The first-order chi connectivity index (χ1) is 5.43. The van der Waals surface area contributed by atoms with E-state index in [1.54, 1.807) is 0 Å². The van der Waals surface area contributed by atoms with E-state index in [1.807, 2.05) is 13.2 Å². The topological polar surface area (TPSA) is 9.23 Å². The van der Waals surface area contributed by atoms with Crippen molar-refractivity contribution < 1.29 is 4.74 Å². The molecule has 0 atom stereocenters. The highest BCUT2D eigenvalue weighted by Crippen LogP contribution is 2.24. The first-order valence-electron chi connectivity index (χ1n) is 4.71. The summed E-state index contributed by atoms with van der Waals surface area (Å²) in [7, 11) is 0. The molecule has 1 heteroatoms. The van der Waals surface area contributed by atoms with Crippen molar-refractivity contribution in [2.75, 3.05) is 6.61 Å². The van der Waals surface area contributed by atoms with Crippen molar-refractivity contribution >= 4 is 0 Å². The third-order valence-corrected chi connectivity index (χ3v) is 2.26. The molecule has 0 unspecified atom stereocenters. The van der Waals surface area contributed by atoms with E-state index >= 15 is 0 Å². The van der Waals surface area contributed by atoms with Crippen LogP contribution in [0.2, 0.25) is 0 Å². The standard InChI is InChI=1S/C10H18O/c1-2-11-9-8-10-6-4-3-5-7-10/h8-10H,2-7H2,1H3/b9-8+. The smallest absolute Gasteiger partial charge is 0.0845 e. The fraction of sp³-hybridized carbons (Fsp3) is 0.800. The summed E-state index contributed by atoms with van der Waals surface area (Å²) in [5.41, 5.74) is 0. The Morgan fingerprint density at radius 2 is 2.00 bits per heavy atom. The van der Waals surface area contributed by atoms with E-state index < -0.39 is 0 Å². The molecule has 1 aliphatic rings. The van der Waals surface area contributed by atoms with E-state index in [-0.39, 0.29) is 0 Å². The highest BCUT2D eigenvalue weighted by Gasteiger charge is 2.09. The minimum Gasteiger partial charge on any atom is -0.502 e. The maximum absolute atomic E-state index is 5.16. The second kappa shape index (κ2) is 5.22. The molecular formula is C10H18O. The van der Waals surface area contributed by atoms with Crippen LogP contribution in [0.25, 0.3) is 0 Å². The van der Waals surface area contributed by atoms with E-state index in [4.69, 9.17) is 4.74 Å². The minimum atomic E-state index is 0.795. The summed E-state index contributed by atoms with van der Waals surface area (Å²) >= 11 is 0. The van der Waals surface area contributed by atoms with Gasteiger partial charge in [-0.1, -0.05) is 19.3 Å². The van der Waals surface area contributed by atoms with Crippen molar-refractivity contribution in [2.24, 2.45) is 5.92 Å². The van der Waals surface area contributed by atoms with Crippen LogP contribution >= 0.6 is 0 Å². The Hall–Kier alpha value is -0.460. The zero-order valence-corrected chi connectivity index (χ0v) is 7.38. The summed E-state index contributed by atoms with van der Waals surface area (Å²) in [4.78, 5) is 0. The van der Waals surface area contributed by atoms with Gasteiger partial charge in [-0.05, 0) is 31.8 Å². The molecule has 0 aromatic heterocycles. The van der Waals surface area contributed by atoms with Gasteiger partial charge < -0.3 is 4.74 Å². The van der Waals surface area contributed by atoms with E-state index in [0.717, 1.165) is 12.5 Å². The molecule has 1 aliphatic carbocycles. The van der Waals surface area contributed by atoms with Crippen LogP contribution in [-0.2, 0) is 4.74 Å². The number of rotatable bonds is 3. The van der Waals surface area contributed by atoms with Crippen LogP contribution < -0.4 is 0 Å². The van der Waals surface area contributed by atoms with Crippen molar-refractivity contribution in [3.8, 4) is 0 Å². The van der Waals surface area contributed by atoms with Crippen molar-refractivity contribution in [3.63, 3.8) is 0 Å². The van der Waals surface area contributed by atoms with E-state index in [2.05, 4.69) is 6.08 Å². The average Bonchev–Trinajstić information content (AvgIpc) is 2.07. The number of hydrogen-bond acceptors (Lipinski definition) is 1. The average molecular weight is 154 g/mol. The van der Waals surface area contributed by atoms with Gasteiger partial charge in [0, 0.05) is 0 Å². The van der Waals surface area contributed by atoms with Gasteiger partial charge in [-0.25, -0.2) is 0 Å². The highest BCUT2D eigenvalue weighted by molar-refractivity contribution is 4.84. The molecule has 64 valence electrons. The molecule has 0 heterocycles. The number of allylic oxidation sites excluding steroid dienone is 1. The normalized spacial score (nSPS) is 20.8. The molecule has 1 saturated carbocycles. The largest absolute Gasteiger partial charge is 0.502 e. The van der Waals surface area contributed by atoms with Crippen LogP contribution in [0, 0.1) is 5.92 Å². The predicted molar refractivity (Wildman–Crippen MR) is 47.3 cm³/mol. The van der Waals surface area contributed by atoms with Crippen LogP contribution in [0.4, 0.5) is 0 Å². The summed E-state index contributed by atoms with van der Waals surface area (Å²) in [6.45, 7) is 2.81. The van der Waals surface area contributed by atoms with E-state index in [0.29, 0.717) is 0 Å². The summed E-state index contributed by atoms with van der Waals surface area (Å²) in [6.07, 6.45) is 11.1. The van der Waals surface area contributed by atoms with Gasteiger partial charge in [0.1, 0.15) is 0 Å². The van der Waals surface area contributed by atoms with Crippen molar-refractivity contribution in [3.05, 3.63) is 12.3 Å². The molecule has 0 amide bonds. The Kier molecular flexibility index (Phi) is 4.10. The highest BCUT2D eigenvalue weighted by atomic mass is 16.5. The fourth-order valence-corrected chi connectivity index (χ4v) is 1.59. The zero-order valence-electron chi connectivity index (χ0n) is 7.38. The third kappa shape index (κ3) is 3.45. The maximum Gasteiger partial charge on any atom is 0.0845 e. The molecule has 0 N–H and O–H groups in total. The first-order valence-corrected chi connectivity index (χ1v) is 4.71. The van der Waals surface area contributed by atoms with Gasteiger partial charge in [0.05, 0.1) is 12.9 Å². The first kappa shape index (κ1) is 8.63. The molecule has 0 bridgehead atoms. The molecule has 1 fully saturated rings. The Morgan fingerprint density at radius 1 is 1.27 bits per heavy atom. The Bertz CT molecular complexity index is 112. The van der Waals surface area contributed by atoms with Gasteiger partial charge >= 0.3 is 0 Å². The maximum atomic E-state index is 5.16. The molecule has 0 aromatic rings. The van der Waals surface area contributed by atoms with Gasteiger partial charge in [-0.2, -0.15) is 0 Å². The Balaban J connectivity index is 2.13. The van der Waals surface area contributed by atoms with Crippen LogP contribution in [-0.4, -0.2) is 6.61 Å². The lowest BCUT2D eigenvalue weighted by Crippen LogP contribution is -2.02. The summed E-state index contributed by atoms with van der Waals surface area (Å²) < 4.78 is 5.16. The second-order valence-electron chi connectivity index (χ2n) is 3.18. The van der Waals surface area contributed by atoms with Crippen LogP contribution in [0.1, 0.15) is 39.0 Å². The molecule has 1 nitrogen and oxygen atoms in total. The SMILES string of the molecule is CCO/C=C/C1CCCCC1. The van der Waals surface area contributed by atoms with Gasteiger partial charge in [-0.15, -0.1) is 0 Å². The van der Waals surface area contributed by atoms with Gasteiger partial charge in [0.2, 0.25) is 0 Å². The third-order valence-electron chi connectivity index (χ3n) is 2.26. The molecule has 11 heavy (non-hydrogen) atoms. The van der Waals surface area contributed by atoms with Gasteiger partial charge in [-0.3, -0.25) is 0 Å². The molecule has 0 saturated heterocycles. The second-order valence-corrected chi connectivity index (χ2v) is 3.18. The molecule has 0 spiro atoms. The fourth-order valence-electron chi connectivity index (χ4n) is 1.59. The summed E-state index contributed by atoms with van der Waals surface area (Å²) in [6, 6.07) is 0. The monoisotopic (exact) mass is 154 g/mol. The van der Waals surface area contributed by atoms with Crippen molar-refractivity contribution in [2.45, 2.75) is 39.0 Å². The summed E-state index contributed by atoms with van der Waals surface area (Å²) in [5.74, 6) is 0.801. The van der Waals surface area contributed by atoms with Gasteiger partial charge in [0.25, 0.3) is 0 Å². The number of hydrogen-bond donors (Lipinski definition) is 0. The van der Waals surface area contributed by atoms with E-state index in [9.17, 15) is 0 Å². The van der Waals surface area contributed by atoms with Gasteiger partial charge in [0.15, 0.2) is 0 Å². The molecule has 0 aromatic carbocycles. The molecule has 0 radical (unpaired) electrons. The quantitative estimate of drug-likeness (QED) is 0.567. The van der Waals surface area contributed by atoms with Crippen molar-refractivity contribution in [1.29, 1.82) is 0 Å². The lowest BCUT2D eigenvalue weighted by atomic mass is 9.89. The molecular weight excluding hydrogens is 136 g/mol. The van der Waals surface area contributed by atoms with Crippen LogP contribution in [0.3, 0.4) is 0 Å². The predicted octanol–water partition coefficient (Wildman–Crippen LogP) is 3.12. The lowest BCUT2D eigenvalue weighted by Gasteiger charge is -2.17. The summed E-state index contributed by atoms with van der Waals surface area (Å²) in [5, 5.41) is 0.